The summed E-state index contributed by atoms with van der Waals surface area (Å²) in [4.78, 5) is 10.1. The van der Waals surface area contributed by atoms with Gasteiger partial charge in [-0.05, 0) is 19.9 Å². The lowest BCUT2D eigenvalue weighted by Gasteiger charge is -2.17. The van der Waals surface area contributed by atoms with Gasteiger partial charge in [0.05, 0.1) is 10.5 Å². The summed E-state index contributed by atoms with van der Waals surface area (Å²) >= 11 is 0. The first-order valence-corrected chi connectivity index (χ1v) is 4.49. The lowest BCUT2D eigenvalue weighted by atomic mass is 10.2. The Morgan fingerprint density at radius 2 is 2.07 bits per heavy atom. The van der Waals surface area contributed by atoms with Crippen LogP contribution in [0.2, 0.25) is 0 Å². The highest BCUT2D eigenvalue weighted by Crippen LogP contribution is 2.26. The Hall–Kier alpha value is -1.62. The molecule has 0 spiro atoms. The molecule has 0 aliphatic heterocycles. The van der Waals surface area contributed by atoms with E-state index in [0.717, 1.165) is 0 Å². The largest absolute Gasteiger partial charge is 0.484 e. The highest BCUT2D eigenvalue weighted by molar-refractivity contribution is 5.45. The zero-order valence-corrected chi connectivity index (χ0v) is 8.64. The molecule has 5 nitrogen and oxygen atoms in total. The van der Waals surface area contributed by atoms with E-state index in [9.17, 15) is 15.2 Å². The highest BCUT2D eigenvalue weighted by Gasteiger charge is 2.18. The smallest absolute Gasteiger partial charge is 0.310 e. The third-order valence-electron chi connectivity index (χ3n) is 1.64. The van der Waals surface area contributed by atoms with Crippen LogP contribution in [0.25, 0.3) is 0 Å². The van der Waals surface area contributed by atoms with Gasteiger partial charge in [-0.15, -0.1) is 0 Å². The van der Waals surface area contributed by atoms with Gasteiger partial charge in [-0.3, -0.25) is 10.1 Å². The lowest BCUT2D eigenvalue weighted by Crippen LogP contribution is -2.28. The second kappa shape index (κ2) is 4.27. The minimum Gasteiger partial charge on any atom is -0.484 e. The quantitative estimate of drug-likeness (QED) is 0.608. The van der Waals surface area contributed by atoms with Crippen LogP contribution in [0.1, 0.15) is 13.8 Å². The molecule has 0 heterocycles. The Morgan fingerprint density at radius 3 is 2.60 bits per heavy atom. The standard InChI is InChI=1S/C10H13NO4/c1-10(2,12)7-15-9-6-4-3-5-8(9)11(13)14/h3-6,12H,7H2,1-2H3. The Labute approximate surface area is 87.5 Å². The van der Waals surface area contributed by atoms with Gasteiger partial charge >= 0.3 is 5.69 Å². The fourth-order valence-corrected chi connectivity index (χ4v) is 0.984. The van der Waals surface area contributed by atoms with E-state index >= 15 is 0 Å². The van der Waals surface area contributed by atoms with E-state index in [-0.39, 0.29) is 18.0 Å². The molecule has 0 radical (unpaired) electrons. The predicted molar refractivity (Wildman–Crippen MR) is 54.9 cm³/mol. The molecule has 0 aliphatic carbocycles. The van der Waals surface area contributed by atoms with Crippen molar-refractivity contribution >= 4 is 5.69 Å². The van der Waals surface area contributed by atoms with Crippen molar-refractivity contribution in [2.45, 2.75) is 19.4 Å². The molecule has 0 aromatic heterocycles. The number of aliphatic hydroxyl groups is 1. The molecule has 0 saturated carbocycles. The fraction of sp³-hybridized carbons (Fsp3) is 0.400. The number of hydrogen-bond acceptors (Lipinski definition) is 4. The first kappa shape index (κ1) is 11.5. The Kier molecular flexibility index (Phi) is 3.26. The monoisotopic (exact) mass is 211 g/mol. The third-order valence-corrected chi connectivity index (χ3v) is 1.64. The van der Waals surface area contributed by atoms with Crippen LogP contribution in [-0.2, 0) is 0 Å². The van der Waals surface area contributed by atoms with E-state index in [1.807, 2.05) is 0 Å². The normalized spacial score (nSPS) is 11.1. The van der Waals surface area contributed by atoms with Crippen molar-refractivity contribution in [2.24, 2.45) is 0 Å². The number of nitrogens with zero attached hydrogens (tertiary/aromatic N) is 1. The molecule has 1 aromatic carbocycles. The van der Waals surface area contributed by atoms with Crippen LogP contribution in [0.4, 0.5) is 5.69 Å². The van der Waals surface area contributed by atoms with Crippen molar-refractivity contribution in [2.75, 3.05) is 6.61 Å². The van der Waals surface area contributed by atoms with Gasteiger partial charge in [-0.2, -0.15) is 0 Å². The SMILES string of the molecule is CC(C)(O)COc1ccccc1[N+](=O)[O-]. The van der Waals surface area contributed by atoms with Crippen LogP contribution in [0, 0.1) is 10.1 Å². The second-order valence-electron chi connectivity index (χ2n) is 3.83. The van der Waals surface area contributed by atoms with Gasteiger partial charge < -0.3 is 9.84 Å². The summed E-state index contributed by atoms with van der Waals surface area (Å²) in [5.74, 6) is 0.171. The summed E-state index contributed by atoms with van der Waals surface area (Å²) in [6.07, 6.45) is 0. The van der Waals surface area contributed by atoms with Crippen molar-refractivity contribution < 1.29 is 14.8 Å². The van der Waals surface area contributed by atoms with Gasteiger partial charge in [0.15, 0.2) is 5.75 Å². The molecule has 1 aromatic rings. The van der Waals surface area contributed by atoms with Gasteiger partial charge in [-0.1, -0.05) is 12.1 Å². The summed E-state index contributed by atoms with van der Waals surface area (Å²) in [7, 11) is 0. The van der Waals surface area contributed by atoms with Crippen LogP contribution in [0.3, 0.4) is 0 Å². The predicted octanol–water partition coefficient (Wildman–Crippen LogP) is 1.74. The van der Waals surface area contributed by atoms with Crippen LogP contribution >= 0.6 is 0 Å². The molecule has 0 aliphatic rings. The zero-order valence-electron chi connectivity index (χ0n) is 8.64. The number of rotatable bonds is 4. The van der Waals surface area contributed by atoms with Crippen molar-refractivity contribution in [3.8, 4) is 5.75 Å². The van der Waals surface area contributed by atoms with Gasteiger partial charge in [-0.25, -0.2) is 0 Å². The average molecular weight is 211 g/mol. The maximum absolute atomic E-state index is 10.6. The van der Waals surface area contributed by atoms with E-state index in [1.165, 1.54) is 12.1 Å². The summed E-state index contributed by atoms with van der Waals surface area (Å²) < 4.78 is 5.17. The van der Waals surface area contributed by atoms with Gasteiger partial charge in [0.2, 0.25) is 0 Å². The number of ether oxygens (including phenoxy) is 1. The van der Waals surface area contributed by atoms with E-state index in [0.29, 0.717) is 0 Å². The fourth-order valence-electron chi connectivity index (χ4n) is 0.984. The summed E-state index contributed by atoms with van der Waals surface area (Å²) in [5, 5.41) is 20.0. The Morgan fingerprint density at radius 1 is 1.47 bits per heavy atom. The summed E-state index contributed by atoms with van der Waals surface area (Å²) in [5.41, 5.74) is -1.11. The second-order valence-corrected chi connectivity index (χ2v) is 3.83. The molecule has 1 rings (SSSR count). The number of benzene rings is 1. The molecule has 0 atom stereocenters. The summed E-state index contributed by atoms with van der Waals surface area (Å²) in [6.45, 7) is 3.15. The molecule has 0 fully saturated rings. The lowest BCUT2D eigenvalue weighted by molar-refractivity contribution is -0.386. The number of para-hydroxylation sites is 2. The maximum Gasteiger partial charge on any atom is 0.310 e. The van der Waals surface area contributed by atoms with E-state index < -0.39 is 10.5 Å². The van der Waals surface area contributed by atoms with Crippen LogP contribution in [-0.4, -0.2) is 22.2 Å². The van der Waals surface area contributed by atoms with Gasteiger partial charge in [0.1, 0.15) is 6.61 Å². The molecular weight excluding hydrogens is 198 g/mol. The van der Waals surface area contributed by atoms with E-state index in [1.54, 1.807) is 26.0 Å². The Balaban J connectivity index is 2.81. The molecule has 0 unspecified atom stereocenters. The van der Waals surface area contributed by atoms with E-state index in [2.05, 4.69) is 0 Å². The molecule has 82 valence electrons. The number of hydrogen-bond donors (Lipinski definition) is 1. The summed E-state index contributed by atoms with van der Waals surface area (Å²) in [6, 6.07) is 6.07. The van der Waals surface area contributed by atoms with Crippen molar-refractivity contribution in [3.63, 3.8) is 0 Å². The first-order valence-electron chi connectivity index (χ1n) is 4.49. The van der Waals surface area contributed by atoms with Crippen molar-refractivity contribution in [1.82, 2.24) is 0 Å². The molecule has 0 bridgehead atoms. The van der Waals surface area contributed by atoms with Crippen LogP contribution in [0.15, 0.2) is 24.3 Å². The van der Waals surface area contributed by atoms with Gasteiger partial charge in [0, 0.05) is 6.07 Å². The molecule has 0 amide bonds. The van der Waals surface area contributed by atoms with Crippen molar-refractivity contribution in [1.29, 1.82) is 0 Å². The van der Waals surface area contributed by atoms with Crippen LogP contribution in [0.5, 0.6) is 5.75 Å². The molecule has 0 saturated heterocycles. The molecular formula is C10H13NO4. The minimum absolute atomic E-state index is 0.0118. The first-order chi connectivity index (χ1) is 6.90. The Bertz CT molecular complexity index is 357. The topological polar surface area (TPSA) is 72.6 Å². The molecule has 5 heteroatoms. The third kappa shape index (κ3) is 3.55. The van der Waals surface area contributed by atoms with Crippen molar-refractivity contribution in [3.05, 3.63) is 34.4 Å². The van der Waals surface area contributed by atoms with Gasteiger partial charge in [0.25, 0.3) is 0 Å². The zero-order chi connectivity index (χ0) is 11.5. The molecule has 1 N–H and O–H groups in total. The van der Waals surface area contributed by atoms with E-state index in [4.69, 9.17) is 4.74 Å². The highest BCUT2D eigenvalue weighted by atomic mass is 16.6. The minimum atomic E-state index is -1.01. The number of nitro groups is 1. The maximum atomic E-state index is 10.6. The molecule has 15 heavy (non-hydrogen) atoms. The van der Waals surface area contributed by atoms with Crippen LogP contribution < -0.4 is 4.74 Å². The average Bonchev–Trinajstić information content (AvgIpc) is 2.14. The number of nitro benzene ring substituents is 1.